The van der Waals surface area contributed by atoms with E-state index in [1.807, 2.05) is 6.92 Å². The van der Waals surface area contributed by atoms with Crippen molar-refractivity contribution in [3.63, 3.8) is 0 Å². The fourth-order valence-electron chi connectivity index (χ4n) is 2.14. The average Bonchev–Trinajstić information content (AvgIpc) is 2.42. The van der Waals surface area contributed by atoms with Crippen LogP contribution in [-0.4, -0.2) is 4.98 Å². The lowest BCUT2D eigenvalue weighted by Crippen LogP contribution is -1.95. The van der Waals surface area contributed by atoms with Gasteiger partial charge >= 0.3 is 0 Å². The van der Waals surface area contributed by atoms with Crippen LogP contribution in [0.15, 0.2) is 42.5 Å². The Balaban J connectivity index is 2.20. The van der Waals surface area contributed by atoms with Gasteiger partial charge in [-0.2, -0.15) is 0 Å². The first-order chi connectivity index (χ1) is 9.54. The Bertz CT molecular complexity index is 813. The zero-order chi connectivity index (χ0) is 14.3. The van der Waals surface area contributed by atoms with E-state index >= 15 is 0 Å². The zero-order valence-corrected chi connectivity index (χ0v) is 10.8. The summed E-state index contributed by atoms with van der Waals surface area (Å²) in [6.07, 6.45) is 0. The van der Waals surface area contributed by atoms with Gasteiger partial charge in [-0.25, -0.2) is 13.8 Å². The fourth-order valence-corrected chi connectivity index (χ4v) is 2.14. The van der Waals surface area contributed by atoms with E-state index in [1.165, 1.54) is 18.2 Å². The van der Waals surface area contributed by atoms with Crippen LogP contribution in [0, 0.1) is 18.6 Å². The van der Waals surface area contributed by atoms with E-state index in [9.17, 15) is 8.78 Å². The van der Waals surface area contributed by atoms with Crippen LogP contribution in [0.25, 0.3) is 22.2 Å². The molecule has 1 aromatic heterocycles. The number of halogens is 2. The van der Waals surface area contributed by atoms with Crippen molar-refractivity contribution >= 4 is 16.6 Å². The molecule has 0 saturated heterocycles. The predicted octanol–water partition coefficient (Wildman–Crippen LogP) is 4.07. The van der Waals surface area contributed by atoms with E-state index in [-0.39, 0.29) is 5.82 Å². The van der Waals surface area contributed by atoms with E-state index < -0.39 is 5.82 Å². The van der Waals surface area contributed by atoms with Crippen LogP contribution in [-0.2, 0) is 0 Å². The molecule has 0 aliphatic carbocycles. The van der Waals surface area contributed by atoms with Crippen molar-refractivity contribution in [2.24, 2.45) is 0 Å². The standard InChI is InChI=1S/C16H12F2N2/c1-9-6-12(13(18)8-14(9)19)16-4-2-10-7-11(17)3-5-15(10)20-16/h2-8H,19H2,1H3. The summed E-state index contributed by atoms with van der Waals surface area (Å²) < 4.78 is 27.1. The highest BCUT2D eigenvalue weighted by molar-refractivity contribution is 5.82. The highest BCUT2D eigenvalue weighted by Gasteiger charge is 2.10. The van der Waals surface area contributed by atoms with E-state index in [1.54, 1.807) is 24.3 Å². The van der Waals surface area contributed by atoms with Gasteiger partial charge in [-0.3, -0.25) is 0 Å². The quantitative estimate of drug-likeness (QED) is 0.677. The van der Waals surface area contributed by atoms with Gasteiger partial charge in [0.2, 0.25) is 0 Å². The molecule has 100 valence electrons. The summed E-state index contributed by atoms with van der Waals surface area (Å²) >= 11 is 0. The van der Waals surface area contributed by atoms with Crippen LogP contribution in [0.1, 0.15) is 5.56 Å². The SMILES string of the molecule is Cc1cc(-c2ccc3cc(F)ccc3n2)c(F)cc1N. The van der Waals surface area contributed by atoms with Gasteiger partial charge in [0.05, 0.1) is 11.2 Å². The molecule has 3 aromatic rings. The third-order valence-electron chi connectivity index (χ3n) is 3.28. The van der Waals surface area contributed by atoms with Gasteiger partial charge in [0.25, 0.3) is 0 Å². The van der Waals surface area contributed by atoms with Crippen LogP contribution in [0.5, 0.6) is 0 Å². The van der Waals surface area contributed by atoms with E-state index in [2.05, 4.69) is 4.98 Å². The van der Waals surface area contributed by atoms with E-state index in [4.69, 9.17) is 5.73 Å². The molecule has 3 rings (SSSR count). The molecule has 0 bridgehead atoms. The minimum absolute atomic E-state index is 0.318. The molecule has 0 radical (unpaired) electrons. The van der Waals surface area contributed by atoms with Crippen LogP contribution < -0.4 is 5.73 Å². The van der Waals surface area contributed by atoms with Crippen molar-refractivity contribution in [2.45, 2.75) is 6.92 Å². The lowest BCUT2D eigenvalue weighted by Gasteiger charge is -2.08. The number of aromatic nitrogens is 1. The minimum atomic E-state index is -0.415. The minimum Gasteiger partial charge on any atom is -0.398 e. The monoisotopic (exact) mass is 270 g/mol. The average molecular weight is 270 g/mol. The number of anilines is 1. The Labute approximate surface area is 114 Å². The number of nitrogens with zero attached hydrogens (tertiary/aromatic N) is 1. The third kappa shape index (κ3) is 2.09. The maximum Gasteiger partial charge on any atom is 0.134 e. The van der Waals surface area contributed by atoms with Crippen molar-refractivity contribution in [3.05, 3.63) is 59.7 Å². The second kappa shape index (κ2) is 4.56. The molecule has 4 heteroatoms. The molecule has 0 amide bonds. The summed E-state index contributed by atoms with van der Waals surface area (Å²) in [4.78, 5) is 4.37. The Morgan fingerprint density at radius 3 is 2.60 bits per heavy atom. The van der Waals surface area contributed by atoms with Crippen molar-refractivity contribution < 1.29 is 8.78 Å². The van der Waals surface area contributed by atoms with Crippen molar-refractivity contribution in [2.75, 3.05) is 5.73 Å². The molecule has 0 fully saturated rings. The molecule has 2 N–H and O–H groups in total. The van der Waals surface area contributed by atoms with Crippen LogP contribution >= 0.6 is 0 Å². The summed E-state index contributed by atoms with van der Waals surface area (Å²) in [5.74, 6) is -0.733. The summed E-state index contributed by atoms with van der Waals surface area (Å²) in [7, 11) is 0. The second-order valence-electron chi connectivity index (χ2n) is 4.72. The normalized spacial score (nSPS) is 10.9. The lowest BCUT2D eigenvalue weighted by molar-refractivity contribution is 0.629. The molecule has 20 heavy (non-hydrogen) atoms. The van der Waals surface area contributed by atoms with Gasteiger partial charge in [0.15, 0.2) is 0 Å². The number of hydrogen-bond donors (Lipinski definition) is 1. The smallest absolute Gasteiger partial charge is 0.134 e. The van der Waals surface area contributed by atoms with Crippen LogP contribution in [0.3, 0.4) is 0 Å². The number of nitrogen functional groups attached to an aromatic ring is 1. The molecule has 2 nitrogen and oxygen atoms in total. The van der Waals surface area contributed by atoms with Gasteiger partial charge in [0, 0.05) is 16.6 Å². The summed E-state index contributed by atoms with van der Waals surface area (Å²) in [6, 6.07) is 10.7. The van der Waals surface area contributed by atoms with Gasteiger partial charge in [0.1, 0.15) is 11.6 Å². The Kier molecular flexibility index (Phi) is 2.86. The third-order valence-corrected chi connectivity index (χ3v) is 3.28. The van der Waals surface area contributed by atoms with Gasteiger partial charge in [-0.1, -0.05) is 6.07 Å². The highest BCUT2D eigenvalue weighted by atomic mass is 19.1. The number of rotatable bonds is 1. The molecule has 0 spiro atoms. The Morgan fingerprint density at radius 1 is 1.00 bits per heavy atom. The highest BCUT2D eigenvalue weighted by Crippen LogP contribution is 2.27. The lowest BCUT2D eigenvalue weighted by atomic mass is 10.0. The molecule has 2 aromatic carbocycles. The zero-order valence-electron chi connectivity index (χ0n) is 10.8. The number of benzene rings is 2. The largest absolute Gasteiger partial charge is 0.398 e. The van der Waals surface area contributed by atoms with Crippen molar-refractivity contribution in [1.29, 1.82) is 0 Å². The van der Waals surface area contributed by atoms with Crippen LogP contribution in [0.2, 0.25) is 0 Å². The Morgan fingerprint density at radius 2 is 1.80 bits per heavy atom. The van der Waals surface area contributed by atoms with Crippen molar-refractivity contribution in [1.82, 2.24) is 4.98 Å². The molecule has 0 aliphatic rings. The molecule has 0 aliphatic heterocycles. The first-order valence-corrected chi connectivity index (χ1v) is 6.17. The van der Waals surface area contributed by atoms with E-state index in [0.29, 0.717) is 27.8 Å². The summed E-state index contributed by atoms with van der Waals surface area (Å²) in [5.41, 5.74) is 8.40. The van der Waals surface area contributed by atoms with Gasteiger partial charge in [-0.05, 0) is 48.9 Å². The van der Waals surface area contributed by atoms with E-state index in [0.717, 1.165) is 5.56 Å². The molecule has 0 atom stereocenters. The number of nitrogens with two attached hydrogens (primary N) is 1. The summed E-state index contributed by atoms with van der Waals surface area (Å²) in [6.45, 7) is 1.81. The number of pyridine rings is 1. The first-order valence-electron chi connectivity index (χ1n) is 6.17. The summed E-state index contributed by atoms with van der Waals surface area (Å²) in [5, 5.41) is 0.682. The second-order valence-corrected chi connectivity index (χ2v) is 4.72. The first kappa shape index (κ1) is 12.5. The molecular formula is C16H12F2N2. The number of hydrogen-bond acceptors (Lipinski definition) is 2. The van der Waals surface area contributed by atoms with Gasteiger partial charge < -0.3 is 5.73 Å². The Hall–Kier alpha value is -2.49. The van der Waals surface area contributed by atoms with Crippen molar-refractivity contribution in [3.8, 4) is 11.3 Å². The number of aryl methyl sites for hydroxylation is 1. The number of fused-ring (bicyclic) bond motifs is 1. The molecular weight excluding hydrogens is 258 g/mol. The maximum atomic E-state index is 14.0. The molecule has 0 saturated carbocycles. The predicted molar refractivity (Wildman–Crippen MR) is 76.2 cm³/mol. The molecule has 1 heterocycles. The maximum absolute atomic E-state index is 14.0. The fraction of sp³-hybridized carbons (Fsp3) is 0.0625. The topological polar surface area (TPSA) is 38.9 Å². The van der Waals surface area contributed by atoms with Crippen LogP contribution in [0.4, 0.5) is 14.5 Å². The van der Waals surface area contributed by atoms with Gasteiger partial charge in [-0.15, -0.1) is 0 Å². The molecule has 0 unspecified atom stereocenters.